The van der Waals surface area contributed by atoms with Crippen molar-refractivity contribution in [1.82, 2.24) is 4.90 Å². The second-order valence-electron chi connectivity index (χ2n) is 6.82. The SMILES string of the molecule is CCC1(c2cccc(O)c2)CCCCN(CC2CC2)C1. The Morgan fingerprint density at radius 1 is 1.30 bits per heavy atom. The van der Waals surface area contributed by atoms with Gasteiger partial charge in [0.1, 0.15) is 5.75 Å². The van der Waals surface area contributed by atoms with Gasteiger partial charge in [-0.15, -0.1) is 0 Å². The predicted octanol–water partition coefficient (Wildman–Crippen LogP) is 3.94. The molecule has 20 heavy (non-hydrogen) atoms. The van der Waals surface area contributed by atoms with Crippen LogP contribution in [0.1, 0.15) is 51.0 Å². The van der Waals surface area contributed by atoms with Gasteiger partial charge in [-0.25, -0.2) is 0 Å². The number of rotatable bonds is 4. The summed E-state index contributed by atoms with van der Waals surface area (Å²) in [6.45, 7) is 6.03. The van der Waals surface area contributed by atoms with Crippen LogP contribution in [0.15, 0.2) is 24.3 Å². The summed E-state index contributed by atoms with van der Waals surface area (Å²) >= 11 is 0. The number of benzene rings is 1. The first-order chi connectivity index (χ1) is 9.72. The van der Waals surface area contributed by atoms with Gasteiger partial charge in [0.2, 0.25) is 0 Å². The molecular weight excluding hydrogens is 246 g/mol. The summed E-state index contributed by atoms with van der Waals surface area (Å²) in [5.41, 5.74) is 1.58. The van der Waals surface area contributed by atoms with Crippen molar-refractivity contribution in [3.05, 3.63) is 29.8 Å². The summed E-state index contributed by atoms with van der Waals surface area (Å²) in [7, 11) is 0. The number of aromatic hydroxyl groups is 1. The molecule has 1 heterocycles. The van der Waals surface area contributed by atoms with E-state index in [1.54, 1.807) is 6.07 Å². The van der Waals surface area contributed by atoms with Gasteiger partial charge >= 0.3 is 0 Å². The maximum atomic E-state index is 9.83. The van der Waals surface area contributed by atoms with Crippen LogP contribution in [0.25, 0.3) is 0 Å². The molecule has 0 spiro atoms. The Morgan fingerprint density at radius 3 is 2.85 bits per heavy atom. The normalized spacial score (nSPS) is 28.2. The van der Waals surface area contributed by atoms with Gasteiger partial charge in [0, 0.05) is 18.5 Å². The molecule has 1 N–H and O–H groups in total. The Balaban J connectivity index is 1.84. The highest BCUT2D eigenvalue weighted by atomic mass is 16.3. The van der Waals surface area contributed by atoms with Gasteiger partial charge in [-0.2, -0.15) is 0 Å². The minimum atomic E-state index is 0.240. The van der Waals surface area contributed by atoms with Crippen molar-refractivity contribution in [2.45, 2.75) is 50.9 Å². The first-order valence-corrected chi connectivity index (χ1v) is 8.24. The number of nitrogens with zero attached hydrogens (tertiary/aromatic N) is 1. The molecule has 3 rings (SSSR count). The second-order valence-corrected chi connectivity index (χ2v) is 6.82. The zero-order valence-electron chi connectivity index (χ0n) is 12.6. The third kappa shape index (κ3) is 3.01. The molecular formula is C18H27NO. The highest BCUT2D eigenvalue weighted by Gasteiger charge is 2.36. The van der Waals surface area contributed by atoms with Crippen molar-refractivity contribution < 1.29 is 5.11 Å². The van der Waals surface area contributed by atoms with Crippen LogP contribution in [0.5, 0.6) is 5.75 Å². The molecule has 1 aliphatic carbocycles. The fourth-order valence-corrected chi connectivity index (χ4v) is 3.77. The van der Waals surface area contributed by atoms with E-state index in [1.807, 2.05) is 12.1 Å². The molecule has 1 atom stereocenters. The molecule has 0 bridgehead atoms. The predicted molar refractivity (Wildman–Crippen MR) is 83.1 cm³/mol. The Labute approximate surface area is 122 Å². The largest absolute Gasteiger partial charge is 0.508 e. The maximum Gasteiger partial charge on any atom is 0.115 e. The monoisotopic (exact) mass is 273 g/mol. The van der Waals surface area contributed by atoms with Gasteiger partial charge < -0.3 is 10.0 Å². The Kier molecular flexibility index (Phi) is 4.02. The van der Waals surface area contributed by atoms with Gasteiger partial charge in [0.05, 0.1) is 0 Å². The number of phenolic OH excluding ortho intramolecular Hbond substituents is 1. The van der Waals surface area contributed by atoms with E-state index in [4.69, 9.17) is 0 Å². The van der Waals surface area contributed by atoms with Gasteiger partial charge in [-0.05, 0) is 62.3 Å². The first-order valence-electron chi connectivity index (χ1n) is 8.24. The molecule has 1 aromatic carbocycles. The number of phenols is 1. The summed E-state index contributed by atoms with van der Waals surface area (Å²) in [5, 5.41) is 9.83. The van der Waals surface area contributed by atoms with Gasteiger partial charge in [-0.3, -0.25) is 0 Å². The summed E-state index contributed by atoms with van der Waals surface area (Å²) in [4.78, 5) is 2.69. The molecule has 0 amide bonds. The van der Waals surface area contributed by atoms with Crippen molar-refractivity contribution in [2.75, 3.05) is 19.6 Å². The average molecular weight is 273 g/mol. The van der Waals surface area contributed by atoms with Crippen LogP contribution >= 0.6 is 0 Å². The molecule has 2 nitrogen and oxygen atoms in total. The highest BCUT2D eigenvalue weighted by Crippen LogP contribution is 2.39. The lowest BCUT2D eigenvalue weighted by Crippen LogP contribution is -2.40. The Morgan fingerprint density at radius 2 is 2.15 bits per heavy atom. The van der Waals surface area contributed by atoms with Gasteiger partial charge in [0.15, 0.2) is 0 Å². The number of hydrogen-bond donors (Lipinski definition) is 1. The van der Waals surface area contributed by atoms with Crippen molar-refractivity contribution in [1.29, 1.82) is 0 Å². The third-order valence-corrected chi connectivity index (χ3v) is 5.25. The lowest BCUT2D eigenvalue weighted by atomic mass is 9.74. The van der Waals surface area contributed by atoms with E-state index in [1.165, 1.54) is 57.3 Å². The molecule has 1 aromatic rings. The van der Waals surface area contributed by atoms with E-state index in [-0.39, 0.29) is 5.41 Å². The molecule has 2 aliphatic rings. The van der Waals surface area contributed by atoms with Crippen molar-refractivity contribution in [2.24, 2.45) is 5.92 Å². The summed E-state index contributed by atoms with van der Waals surface area (Å²) in [6.07, 6.45) is 7.92. The fourth-order valence-electron chi connectivity index (χ4n) is 3.77. The molecule has 1 aliphatic heterocycles. The molecule has 2 heteroatoms. The minimum Gasteiger partial charge on any atom is -0.508 e. The van der Waals surface area contributed by atoms with Crippen molar-refractivity contribution in [3.63, 3.8) is 0 Å². The molecule has 110 valence electrons. The van der Waals surface area contributed by atoms with Crippen LogP contribution in [0.2, 0.25) is 0 Å². The van der Waals surface area contributed by atoms with Gasteiger partial charge in [0.25, 0.3) is 0 Å². The Bertz CT molecular complexity index is 454. The number of hydrogen-bond acceptors (Lipinski definition) is 2. The Hall–Kier alpha value is -1.02. The molecule has 1 saturated heterocycles. The topological polar surface area (TPSA) is 23.5 Å². The first kappa shape index (κ1) is 13.9. The zero-order valence-corrected chi connectivity index (χ0v) is 12.6. The van der Waals surface area contributed by atoms with Crippen LogP contribution in [0, 0.1) is 5.92 Å². The van der Waals surface area contributed by atoms with E-state index < -0.39 is 0 Å². The van der Waals surface area contributed by atoms with Crippen LogP contribution in [-0.2, 0) is 5.41 Å². The standard InChI is InChI=1S/C18H27NO/c1-2-18(16-6-5-7-17(20)12-16)10-3-4-11-19(14-18)13-15-8-9-15/h5-7,12,15,20H,2-4,8-11,13-14H2,1H3. The van der Waals surface area contributed by atoms with E-state index >= 15 is 0 Å². The minimum absolute atomic E-state index is 0.240. The highest BCUT2D eigenvalue weighted by molar-refractivity contribution is 5.33. The second kappa shape index (κ2) is 5.77. The summed E-state index contributed by atoms with van der Waals surface area (Å²) < 4.78 is 0. The lowest BCUT2D eigenvalue weighted by Gasteiger charge is -2.36. The van der Waals surface area contributed by atoms with E-state index in [2.05, 4.69) is 17.9 Å². The van der Waals surface area contributed by atoms with E-state index in [0.29, 0.717) is 5.75 Å². The maximum absolute atomic E-state index is 9.83. The summed E-state index contributed by atoms with van der Waals surface area (Å²) in [5.74, 6) is 1.38. The quantitative estimate of drug-likeness (QED) is 0.898. The number of likely N-dealkylation sites (tertiary alicyclic amines) is 1. The van der Waals surface area contributed by atoms with Crippen LogP contribution in [-0.4, -0.2) is 29.6 Å². The average Bonchev–Trinajstić information content (AvgIpc) is 3.27. The summed E-state index contributed by atoms with van der Waals surface area (Å²) in [6, 6.07) is 7.98. The molecule has 0 aromatic heterocycles. The fraction of sp³-hybridized carbons (Fsp3) is 0.667. The van der Waals surface area contributed by atoms with Crippen molar-refractivity contribution >= 4 is 0 Å². The molecule has 0 radical (unpaired) electrons. The van der Waals surface area contributed by atoms with Crippen LogP contribution in [0.4, 0.5) is 0 Å². The van der Waals surface area contributed by atoms with Gasteiger partial charge in [-0.1, -0.05) is 25.5 Å². The smallest absolute Gasteiger partial charge is 0.115 e. The van der Waals surface area contributed by atoms with Crippen LogP contribution < -0.4 is 0 Å². The molecule has 1 saturated carbocycles. The zero-order chi connectivity index (χ0) is 14.0. The molecule has 2 fully saturated rings. The lowest BCUT2D eigenvalue weighted by molar-refractivity contribution is 0.210. The van der Waals surface area contributed by atoms with E-state index in [0.717, 1.165) is 12.3 Å². The van der Waals surface area contributed by atoms with E-state index in [9.17, 15) is 5.11 Å². The van der Waals surface area contributed by atoms with Crippen LogP contribution in [0.3, 0.4) is 0 Å². The van der Waals surface area contributed by atoms with Crippen molar-refractivity contribution in [3.8, 4) is 5.75 Å². The third-order valence-electron chi connectivity index (χ3n) is 5.25. The molecule has 1 unspecified atom stereocenters.